The number of fused-ring (bicyclic) bond motifs is 1. The molecule has 1 atom stereocenters. The standard InChI is InChI=1S/C30H30N4O4S/c1-19-25(28(35)32-21-11-5-4-6-12-21)27(34-16-9-17-39-30(34)31-19)20-10-7-13-22(18-20)33-29(36)26-23(37-2)14-8-15-24(26)38-3/h4-8,10-15,18,27H,9,16-17H2,1-3H3,(H,32,35)(H,33,36). The average Bonchev–Trinajstić information content (AvgIpc) is 2.96. The number of carbonyl (C=O) groups excluding carboxylic acids is 2. The number of aliphatic imine (C=N–C) groups is 1. The van der Waals surface area contributed by atoms with Crippen molar-refractivity contribution in [2.24, 2.45) is 4.99 Å². The van der Waals surface area contributed by atoms with Crippen molar-refractivity contribution in [2.45, 2.75) is 19.4 Å². The summed E-state index contributed by atoms with van der Waals surface area (Å²) < 4.78 is 10.8. The van der Waals surface area contributed by atoms with Crippen LogP contribution in [0.1, 0.15) is 35.3 Å². The molecule has 0 spiro atoms. The lowest BCUT2D eigenvalue weighted by molar-refractivity contribution is -0.113. The summed E-state index contributed by atoms with van der Waals surface area (Å²) in [4.78, 5) is 34.0. The quantitative estimate of drug-likeness (QED) is 0.397. The number of carbonyl (C=O) groups is 2. The first-order valence-electron chi connectivity index (χ1n) is 12.7. The minimum Gasteiger partial charge on any atom is -0.496 e. The van der Waals surface area contributed by atoms with E-state index in [-0.39, 0.29) is 17.9 Å². The maximum absolute atomic E-state index is 13.7. The second-order valence-corrected chi connectivity index (χ2v) is 10.2. The van der Waals surface area contributed by atoms with E-state index >= 15 is 0 Å². The third-order valence-electron chi connectivity index (χ3n) is 6.65. The molecule has 2 aliphatic heterocycles. The second-order valence-electron chi connectivity index (χ2n) is 9.13. The maximum Gasteiger partial charge on any atom is 0.263 e. The molecule has 0 aliphatic carbocycles. The molecule has 2 amide bonds. The predicted octanol–water partition coefficient (Wildman–Crippen LogP) is 5.72. The van der Waals surface area contributed by atoms with E-state index in [2.05, 4.69) is 15.5 Å². The Labute approximate surface area is 232 Å². The Hall–Kier alpha value is -4.24. The number of amides is 2. The Kier molecular flexibility index (Phi) is 7.88. The van der Waals surface area contributed by atoms with E-state index in [9.17, 15) is 9.59 Å². The van der Waals surface area contributed by atoms with Gasteiger partial charge in [0.05, 0.1) is 31.5 Å². The molecule has 0 bridgehead atoms. The Bertz CT molecular complexity index is 1430. The van der Waals surface area contributed by atoms with Gasteiger partial charge in [-0.05, 0) is 55.3 Å². The van der Waals surface area contributed by atoms with Crippen LogP contribution in [0.25, 0.3) is 0 Å². The van der Waals surface area contributed by atoms with Gasteiger partial charge < -0.3 is 25.0 Å². The highest BCUT2D eigenvalue weighted by Crippen LogP contribution is 2.40. The largest absolute Gasteiger partial charge is 0.496 e. The lowest BCUT2D eigenvalue weighted by Crippen LogP contribution is -2.43. The summed E-state index contributed by atoms with van der Waals surface area (Å²) in [7, 11) is 3.03. The van der Waals surface area contributed by atoms with Gasteiger partial charge in [0.15, 0.2) is 5.17 Å². The van der Waals surface area contributed by atoms with Crippen molar-refractivity contribution in [3.8, 4) is 11.5 Å². The van der Waals surface area contributed by atoms with Crippen molar-refractivity contribution < 1.29 is 19.1 Å². The summed E-state index contributed by atoms with van der Waals surface area (Å²) in [5, 5.41) is 6.93. The van der Waals surface area contributed by atoms with Crippen LogP contribution in [0.2, 0.25) is 0 Å². The van der Waals surface area contributed by atoms with Crippen LogP contribution in [0.3, 0.4) is 0 Å². The predicted molar refractivity (Wildman–Crippen MR) is 156 cm³/mol. The van der Waals surface area contributed by atoms with Gasteiger partial charge in [-0.25, -0.2) is 4.99 Å². The molecular weight excluding hydrogens is 512 g/mol. The van der Waals surface area contributed by atoms with Crippen molar-refractivity contribution in [2.75, 3.05) is 37.2 Å². The van der Waals surface area contributed by atoms with E-state index in [0.29, 0.717) is 34.0 Å². The molecule has 2 N–H and O–H groups in total. The smallest absolute Gasteiger partial charge is 0.263 e. The third-order valence-corrected chi connectivity index (χ3v) is 7.73. The molecular formula is C30H30N4O4S. The topological polar surface area (TPSA) is 92.3 Å². The summed E-state index contributed by atoms with van der Waals surface area (Å²) in [5.41, 5.74) is 3.77. The molecule has 0 radical (unpaired) electrons. The first-order chi connectivity index (χ1) is 19.0. The van der Waals surface area contributed by atoms with E-state index in [1.165, 1.54) is 14.2 Å². The Morgan fingerprint density at radius 3 is 2.28 bits per heavy atom. The van der Waals surface area contributed by atoms with Crippen molar-refractivity contribution in [3.05, 3.63) is 95.2 Å². The van der Waals surface area contributed by atoms with Gasteiger partial charge in [-0.3, -0.25) is 9.59 Å². The van der Waals surface area contributed by atoms with E-state index in [1.54, 1.807) is 30.0 Å². The number of methoxy groups -OCH3 is 2. The number of hydrogen-bond donors (Lipinski definition) is 2. The van der Waals surface area contributed by atoms with Gasteiger partial charge >= 0.3 is 0 Å². The molecule has 200 valence electrons. The minimum absolute atomic E-state index is 0.199. The van der Waals surface area contributed by atoms with Gasteiger partial charge in [0, 0.05) is 23.7 Å². The van der Waals surface area contributed by atoms with E-state index in [4.69, 9.17) is 14.5 Å². The van der Waals surface area contributed by atoms with E-state index in [0.717, 1.165) is 35.1 Å². The van der Waals surface area contributed by atoms with Crippen molar-refractivity contribution in [3.63, 3.8) is 0 Å². The number of anilines is 2. The summed E-state index contributed by atoms with van der Waals surface area (Å²) in [6, 6.07) is 21.9. The Morgan fingerprint density at radius 2 is 1.56 bits per heavy atom. The number of amidine groups is 1. The monoisotopic (exact) mass is 542 g/mol. The minimum atomic E-state index is -0.355. The number of ether oxygens (including phenoxy) is 2. The average molecular weight is 543 g/mol. The highest BCUT2D eigenvalue weighted by molar-refractivity contribution is 8.13. The van der Waals surface area contributed by atoms with Crippen LogP contribution in [0, 0.1) is 0 Å². The van der Waals surface area contributed by atoms with Crippen LogP contribution in [0.15, 0.2) is 89.1 Å². The number of nitrogens with one attached hydrogen (secondary N) is 2. The molecule has 2 aliphatic rings. The lowest BCUT2D eigenvalue weighted by Gasteiger charge is -2.41. The zero-order chi connectivity index (χ0) is 27.4. The van der Waals surface area contributed by atoms with E-state index < -0.39 is 0 Å². The molecule has 8 nitrogen and oxygen atoms in total. The summed E-state index contributed by atoms with van der Waals surface area (Å²) >= 11 is 1.70. The van der Waals surface area contributed by atoms with Gasteiger partial charge in [-0.15, -0.1) is 0 Å². The van der Waals surface area contributed by atoms with Crippen LogP contribution in [0.4, 0.5) is 11.4 Å². The van der Waals surface area contributed by atoms with Crippen LogP contribution < -0.4 is 20.1 Å². The molecule has 0 saturated carbocycles. The van der Waals surface area contributed by atoms with Gasteiger partial charge in [-0.1, -0.05) is 48.2 Å². The van der Waals surface area contributed by atoms with Crippen LogP contribution in [-0.2, 0) is 4.79 Å². The van der Waals surface area contributed by atoms with Crippen LogP contribution in [-0.4, -0.2) is 48.4 Å². The molecule has 0 aromatic heterocycles. The van der Waals surface area contributed by atoms with Crippen molar-refractivity contribution >= 4 is 40.1 Å². The number of para-hydroxylation sites is 1. The molecule has 1 fully saturated rings. The molecule has 5 rings (SSSR count). The van der Waals surface area contributed by atoms with Crippen LogP contribution >= 0.6 is 11.8 Å². The highest BCUT2D eigenvalue weighted by atomic mass is 32.2. The first-order valence-corrected chi connectivity index (χ1v) is 13.7. The fraction of sp³-hybridized carbons (Fsp3) is 0.233. The third kappa shape index (κ3) is 5.49. The normalized spacial score (nSPS) is 16.6. The molecule has 9 heteroatoms. The molecule has 3 aromatic rings. The summed E-state index contributed by atoms with van der Waals surface area (Å²) in [6.07, 6.45) is 0.983. The first kappa shape index (κ1) is 26.4. The molecule has 3 aromatic carbocycles. The van der Waals surface area contributed by atoms with Gasteiger partial charge in [-0.2, -0.15) is 0 Å². The Morgan fingerprint density at radius 1 is 0.897 bits per heavy atom. The SMILES string of the molecule is COc1cccc(OC)c1C(=O)Nc1cccc(C2C(C(=O)Nc3ccccc3)=C(C)N=C3SCCCN32)c1. The highest BCUT2D eigenvalue weighted by Gasteiger charge is 2.37. The zero-order valence-corrected chi connectivity index (χ0v) is 22.9. The molecule has 1 saturated heterocycles. The zero-order valence-electron chi connectivity index (χ0n) is 22.1. The molecule has 2 heterocycles. The molecule has 39 heavy (non-hydrogen) atoms. The van der Waals surface area contributed by atoms with Gasteiger partial charge in [0.1, 0.15) is 17.1 Å². The van der Waals surface area contributed by atoms with Gasteiger partial charge in [0.2, 0.25) is 0 Å². The Balaban J connectivity index is 1.50. The van der Waals surface area contributed by atoms with Gasteiger partial charge in [0.25, 0.3) is 11.8 Å². The second kappa shape index (κ2) is 11.7. The summed E-state index contributed by atoms with van der Waals surface area (Å²) in [6.45, 7) is 2.66. The van der Waals surface area contributed by atoms with Crippen molar-refractivity contribution in [1.29, 1.82) is 0 Å². The molecule has 1 unspecified atom stereocenters. The van der Waals surface area contributed by atoms with E-state index in [1.807, 2.05) is 61.5 Å². The fourth-order valence-electron chi connectivity index (χ4n) is 4.88. The number of allylic oxidation sites excluding steroid dienone is 1. The summed E-state index contributed by atoms with van der Waals surface area (Å²) in [5.74, 6) is 1.27. The number of hydrogen-bond acceptors (Lipinski definition) is 7. The lowest BCUT2D eigenvalue weighted by atomic mass is 9.93. The van der Waals surface area contributed by atoms with Crippen LogP contribution in [0.5, 0.6) is 11.5 Å². The number of benzene rings is 3. The number of nitrogens with zero attached hydrogens (tertiary/aromatic N) is 2. The van der Waals surface area contributed by atoms with Crippen molar-refractivity contribution in [1.82, 2.24) is 4.90 Å². The fourth-order valence-corrected chi connectivity index (χ4v) is 5.90. The number of rotatable bonds is 7. The number of thioether (sulfide) groups is 1. The maximum atomic E-state index is 13.7.